The molecule has 0 heterocycles. The molecule has 0 aromatic heterocycles. The van der Waals surface area contributed by atoms with Crippen molar-refractivity contribution in [1.29, 1.82) is 0 Å². The molecule has 0 unspecified atom stereocenters. The Hall–Kier alpha value is -2.77. The predicted molar refractivity (Wildman–Crippen MR) is 106 cm³/mol. The second kappa shape index (κ2) is 10.4. The molecule has 1 N–H and O–H groups in total. The van der Waals surface area contributed by atoms with Crippen molar-refractivity contribution >= 4 is 16.1 Å². The molecular weight excluding hydrogens is 475 g/mol. The summed E-state index contributed by atoms with van der Waals surface area (Å²) in [5.74, 6) is -12.3. The van der Waals surface area contributed by atoms with Gasteiger partial charge in [-0.15, -0.1) is 0 Å². The molecule has 13 heteroatoms. The number of halogens is 5. The number of carbonyl (C=O) groups excluding carboxylic acids is 1. The van der Waals surface area contributed by atoms with E-state index in [1.807, 2.05) is 0 Å². The number of carbonyl (C=O) groups is 1. The van der Waals surface area contributed by atoms with Gasteiger partial charge in [-0.1, -0.05) is 30.3 Å². The zero-order valence-electron chi connectivity index (χ0n) is 17.8. The van der Waals surface area contributed by atoms with E-state index in [0.29, 0.717) is 10.6 Å². The van der Waals surface area contributed by atoms with Crippen molar-refractivity contribution in [2.45, 2.75) is 37.9 Å². The van der Waals surface area contributed by atoms with Gasteiger partial charge in [-0.3, -0.25) is 4.84 Å². The highest BCUT2D eigenvalue weighted by Crippen LogP contribution is 2.26. The summed E-state index contributed by atoms with van der Waals surface area (Å²) in [6.45, 7) is 3.40. The highest BCUT2D eigenvalue weighted by atomic mass is 32.2. The maximum Gasteiger partial charge on any atom is 0.434 e. The molecule has 1 amide bonds. The molecule has 0 bridgehead atoms. The van der Waals surface area contributed by atoms with Crippen LogP contribution in [0.15, 0.2) is 35.2 Å². The summed E-state index contributed by atoms with van der Waals surface area (Å²) in [5, 5.41) is 0.666. The zero-order valence-corrected chi connectivity index (χ0v) is 18.6. The van der Waals surface area contributed by atoms with Gasteiger partial charge >= 0.3 is 6.09 Å². The van der Waals surface area contributed by atoms with Crippen LogP contribution < -0.4 is 4.72 Å². The number of hydroxylamine groups is 2. The first-order valence-corrected chi connectivity index (χ1v) is 10.9. The first-order chi connectivity index (χ1) is 15.2. The van der Waals surface area contributed by atoms with Gasteiger partial charge < -0.3 is 4.74 Å². The van der Waals surface area contributed by atoms with E-state index < -0.39 is 68.8 Å². The molecule has 0 aliphatic carbocycles. The average molecular weight is 496 g/mol. The minimum Gasteiger partial charge on any atom is -0.442 e. The van der Waals surface area contributed by atoms with E-state index in [1.54, 1.807) is 55.8 Å². The Morgan fingerprint density at radius 2 is 1.45 bits per heavy atom. The number of amides is 1. The van der Waals surface area contributed by atoms with Crippen molar-refractivity contribution in [3.8, 4) is 0 Å². The van der Waals surface area contributed by atoms with Gasteiger partial charge in [0.25, 0.3) is 0 Å². The summed E-state index contributed by atoms with van der Waals surface area (Å²) in [4.78, 5) is 15.7. The largest absolute Gasteiger partial charge is 0.442 e. The third-order valence-electron chi connectivity index (χ3n) is 3.87. The number of nitrogens with zero attached hydrogens (tertiary/aromatic N) is 1. The van der Waals surface area contributed by atoms with Crippen LogP contribution in [0.2, 0.25) is 0 Å². The molecule has 182 valence electrons. The van der Waals surface area contributed by atoms with E-state index in [0.717, 1.165) is 0 Å². The number of benzene rings is 2. The van der Waals surface area contributed by atoms with E-state index in [-0.39, 0.29) is 6.61 Å². The van der Waals surface area contributed by atoms with Gasteiger partial charge in [-0.2, -0.15) is 5.06 Å². The van der Waals surface area contributed by atoms with Gasteiger partial charge in [0.1, 0.15) is 12.2 Å². The predicted octanol–water partition coefficient (Wildman–Crippen LogP) is 4.03. The van der Waals surface area contributed by atoms with Gasteiger partial charge in [0.15, 0.2) is 28.2 Å². The number of nitrogens with one attached hydrogen (secondary N) is 1. The van der Waals surface area contributed by atoms with Crippen molar-refractivity contribution in [3.05, 3.63) is 65.0 Å². The third kappa shape index (κ3) is 6.85. The van der Waals surface area contributed by atoms with Crippen molar-refractivity contribution in [1.82, 2.24) is 9.79 Å². The Morgan fingerprint density at radius 3 is 1.97 bits per heavy atom. The minimum absolute atomic E-state index is 0.107. The molecule has 0 aliphatic heterocycles. The Labute approximate surface area is 187 Å². The second-order valence-corrected chi connectivity index (χ2v) is 9.34. The Morgan fingerprint density at radius 1 is 0.939 bits per heavy atom. The first-order valence-electron chi connectivity index (χ1n) is 9.43. The molecule has 0 aliphatic rings. The van der Waals surface area contributed by atoms with Crippen molar-refractivity contribution < 1.29 is 44.7 Å². The van der Waals surface area contributed by atoms with Crippen molar-refractivity contribution in [3.63, 3.8) is 0 Å². The van der Waals surface area contributed by atoms with E-state index >= 15 is 0 Å². The Balaban J connectivity index is 2.17. The summed E-state index contributed by atoms with van der Waals surface area (Å²) < 4.78 is 98.9. The van der Waals surface area contributed by atoms with Crippen LogP contribution in [0.4, 0.5) is 26.7 Å². The van der Waals surface area contributed by atoms with Gasteiger partial charge in [0.2, 0.25) is 15.8 Å². The van der Waals surface area contributed by atoms with E-state index in [9.17, 15) is 35.2 Å². The Kier molecular flexibility index (Phi) is 8.38. The van der Waals surface area contributed by atoms with Gasteiger partial charge in [-0.25, -0.2) is 39.9 Å². The number of hydrogen-bond acceptors (Lipinski definition) is 5. The van der Waals surface area contributed by atoms with Crippen LogP contribution >= 0.6 is 0 Å². The topological polar surface area (TPSA) is 84.9 Å². The lowest BCUT2D eigenvalue weighted by Crippen LogP contribution is -2.41. The minimum atomic E-state index is -5.19. The quantitative estimate of drug-likeness (QED) is 0.258. The summed E-state index contributed by atoms with van der Waals surface area (Å²) in [5.41, 5.74) is -0.270. The Bertz CT molecular complexity index is 1080. The molecule has 0 saturated heterocycles. The summed E-state index contributed by atoms with van der Waals surface area (Å²) in [6, 6.07) is 8.57. The van der Waals surface area contributed by atoms with E-state index in [4.69, 9.17) is 9.57 Å². The molecule has 0 saturated carbocycles. The van der Waals surface area contributed by atoms with Crippen molar-refractivity contribution in [2.75, 3.05) is 13.1 Å². The lowest BCUT2D eigenvalue weighted by molar-refractivity contribution is -0.154. The fourth-order valence-corrected chi connectivity index (χ4v) is 3.58. The lowest BCUT2D eigenvalue weighted by atomic mass is 10.2. The molecule has 0 spiro atoms. The van der Waals surface area contributed by atoms with Crippen LogP contribution in [0.25, 0.3) is 0 Å². The maximum atomic E-state index is 13.9. The highest BCUT2D eigenvalue weighted by Gasteiger charge is 2.33. The van der Waals surface area contributed by atoms with E-state index in [2.05, 4.69) is 0 Å². The van der Waals surface area contributed by atoms with Crippen molar-refractivity contribution in [2.24, 2.45) is 0 Å². The van der Waals surface area contributed by atoms with Gasteiger partial charge in [0, 0.05) is 6.54 Å². The van der Waals surface area contributed by atoms with Gasteiger partial charge in [0.05, 0.1) is 6.54 Å². The van der Waals surface area contributed by atoms with Crippen LogP contribution in [0.5, 0.6) is 0 Å². The normalized spacial score (nSPS) is 12.0. The second-order valence-electron chi connectivity index (χ2n) is 7.64. The molecule has 0 fully saturated rings. The average Bonchev–Trinajstić information content (AvgIpc) is 2.72. The molecular formula is C20H21F5N2O5S. The molecule has 33 heavy (non-hydrogen) atoms. The lowest BCUT2D eigenvalue weighted by Gasteiger charge is -2.26. The molecule has 7 nitrogen and oxygen atoms in total. The van der Waals surface area contributed by atoms with Crippen LogP contribution in [0.3, 0.4) is 0 Å². The third-order valence-corrected chi connectivity index (χ3v) is 5.35. The molecule has 2 aromatic rings. The standard InChI is InChI=1S/C20H21F5N2O5S/c1-20(2,3)32-19(28)27(31-11-12-7-5-4-6-8-12)10-9-26-33(29,30)18-16(24)14(22)13(21)15(23)17(18)25/h4-8,26H,9-11H2,1-3H3. The summed E-state index contributed by atoms with van der Waals surface area (Å²) >= 11 is 0. The van der Waals surface area contributed by atoms with Crippen LogP contribution in [-0.4, -0.2) is 38.3 Å². The number of ether oxygens (including phenoxy) is 1. The maximum absolute atomic E-state index is 13.9. The zero-order chi connectivity index (χ0) is 25.0. The number of hydrogen-bond donors (Lipinski definition) is 1. The monoisotopic (exact) mass is 496 g/mol. The first kappa shape index (κ1) is 26.5. The SMILES string of the molecule is CC(C)(C)OC(=O)N(CCNS(=O)(=O)c1c(F)c(F)c(F)c(F)c1F)OCc1ccccc1. The smallest absolute Gasteiger partial charge is 0.434 e. The summed E-state index contributed by atoms with van der Waals surface area (Å²) in [6.07, 6.45) is -0.992. The fraction of sp³-hybridized carbons (Fsp3) is 0.350. The molecule has 2 aromatic carbocycles. The number of rotatable bonds is 8. The summed E-state index contributed by atoms with van der Waals surface area (Å²) in [7, 11) is -5.19. The number of sulfonamides is 1. The molecule has 2 rings (SSSR count). The van der Waals surface area contributed by atoms with Crippen LogP contribution in [0, 0.1) is 29.1 Å². The molecule has 0 atom stereocenters. The fourth-order valence-electron chi connectivity index (χ4n) is 2.42. The highest BCUT2D eigenvalue weighted by molar-refractivity contribution is 7.89. The molecule has 0 radical (unpaired) electrons. The van der Waals surface area contributed by atoms with E-state index in [1.165, 1.54) is 0 Å². The van der Waals surface area contributed by atoms with Crippen LogP contribution in [-0.2, 0) is 26.2 Å². The van der Waals surface area contributed by atoms with Gasteiger partial charge in [-0.05, 0) is 26.3 Å². The van der Waals surface area contributed by atoms with Crippen LogP contribution in [0.1, 0.15) is 26.3 Å².